The van der Waals surface area contributed by atoms with E-state index in [9.17, 15) is 4.79 Å². The second kappa shape index (κ2) is 5.67. The number of rotatable bonds is 3. The Kier molecular flexibility index (Phi) is 4.78. The van der Waals surface area contributed by atoms with Gasteiger partial charge in [-0.25, -0.2) is 0 Å². The van der Waals surface area contributed by atoms with Crippen molar-refractivity contribution in [3.8, 4) is 0 Å². The third-order valence-electron chi connectivity index (χ3n) is 4.16. The van der Waals surface area contributed by atoms with Crippen molar-refractivity contribution in [3.05, 3.63) is 0 Å². The quantitative estimate of drug-likeness (QED) is 0.751. The standard InChI is InChI=1S/C13H25NO2/c1-6-16-13(15)7-12-8(2)10(4)14-11(5)9(12)3/h8-12,14H,6-7H2,1-5H3/t8-,9+,10+,11-,12?. The minimum atomic E-state index is -0.0486. The molecule has 1 unspecified atom stereocenters. The van der Waals surface area contributed by atoms with Crippen molar-refractivity contribution in [2.24, 2.45) is 17.8 Å². The summed E-state index contributed by atoms with van der Waals surface area (Å²) in [4.78, 5) is 11.6. The molecule has 0 aliphatic carbocycles. The Balaban J connectivity index is 2.63. The fourth-order valence-electron chi connectivity index (χ4n) is 2.72. The van der Waals surface area contributed by atoms with Gasteiger partial charge in [-0.3, -0.25) is 4.79 Å². The summed E-state index contributed by atoms with van der Waals surface area (Å²) in [6.07, 6.45) is 0.562. The summed E-state index contributed by atoms with van der Waals surface area (Å²) >= 11 is 0. The lowest BCUT2D eigenvalue weighted by Crippen LogP contribution is -2.53. The second-order valence-corrected chi connectivity index (χ2v) is 5.14. The molecular weight excluding hydrogens is 202 g/mol. The lowest BCUT2D eigenvalue weighted by atomic mass is 9.71. The number of nitrogens with one attached hydrogen (secondary N) is 1. The van der Waals surface area contributed by atoms with Gasteiger partial charge in [0.25, 0.3) is 0 Å². The van der Waals surface area contributed by atoms with Crippen LogP contribution in [-0.2, 0) is 9.53 Å². The van der Waals surface area contributed by atoms with Gasteiger partial charge in [-0.05, 0) is 38.5 Å². The summed E-state index contributed by atoms with van der Waals surface area (Å²) in [6.45, 7) is 11.2. The molecule has 1 heterocycles. The maximum atomic E-state index is 11.6. The van der Waals surface area contributed by atoms with Crippen LogP contribution in [0, 0.1) is 17.8 Å². The lowest BCUT2D eigenvalue weighted by Gasteiger charge is -2.43. The molecule has 16 heavy (non-hydrogen) atoms. The first-order chi connectivity index (χ1) is 7.47. The Morgan fingerprint density at radius 1 is 1.12 bits per heavy atom. The van der Waals surface area contributed by atoms with Crippen LogP contribution in [0.15, 0.2) is 0 Å². The maximum absolute atomic E-state index is 11.6. The molecule has 94 valence electrons. The van der Waals surface area contributed by atoms with Gasteiger partial charge < -0.3 is 10.1 Å². The van der Waals surface area contributed by atoms with Crippen molar-refractivity contribution < 1.29 is 9.53 Å². The Hall–Kier alpha value is -0.570. The number of piperidine rings is 1. The molecule has 0 aromatic rings. The summed E-state index contributed by atoms with van der Waals surface area (Å²) in [5.74, 6) is 1.43. The first-order valence-electron chi connectivity index (χ1n) is 6.39. The van der Waals surface area contributed by atoms with Crippen molar-refractivity contribution in [2.45, 2.75) is 53.1 Å². The number of hydrogen-bond donors (Lipinski definition) is 1. The zero-order valence-corrected chi connectivity index (χ0v) is 11.1. The van der Waals surface area contributed by atoms with E-state index in [4.69, 9.17) is 4.74 Å². The van der Waals surface area contributed by atoms with Crippen LogP contribution >= 0.6 is 0 Å². The SMILES string of the molecule is CCOC(=O)CC1[C@@H](C)[C@@H](C)N[C@@H](C)[C@H]1C. The molecule has 1 aliphatic heterocycles. The number of carbonyl (C=O) groups is 1. The summed E-state index contributed by atoms with van der Waals surface area (Å²) < 4.78 is 5.05. The van der Waals surface area contributed by atoms with E-state index in [0.29, 0.717) is 42.9 Å². The highest BCUT2D eigenvalue weighted by atomic mass is 16.5. The van der Waals surface area contributed by atoms with Crippen LogP contribution in [0.1, 0.15) is 41.0 Å². The van der Waals surface area contributed by atoms with Gasteiger partial charge in [0.2, 0.25) is 0 Å². The molecule has 5 atom stereocenters. The van der Waals surface area contributed by atoms with Gasteiger partial charge in [-0.15, -0.1) is 0 Å². The fourth-order valence-corrected chi connectivity index (χ4v) is 2.72. The summed E-state index contributed by atoms with van der Waals surface area (Å²) in [7, 11) is 0. The summed E-state index contributed by atoms with van der Waals surface area (Å²) in [5.41, 5.74) is 0. The van der Waals surface area contributed by atoms with E-state index < -0.39 is 0 Å². The van der Waals surface area contributed by atoms with E-state index in [1.54, 1.807) is 0 Å². The van der Waals surface area contributed by atoms with Gasteiger partial charge in [0.15, 0.2) is 0 Å². The average Bonchev–Trinajstić information content (AvgIpc) is 2.22. The fraction of sp³-hybridized carbons (Fsp3) is 0.923. The highest BCUT2D eigenvalue weighted by Gasteiger charge is 2.37. The molecule has 1 saturated heterocycles. The van der Waals surface area contributed by atoms with Crippen LogP contribution in [0.3, 0.4) is 0 Å². The van der Waals surface area contributed by atoms with Gasteiger partial charge in [0.1, 0.15) is 0 Å². The van der Waals surface area contributed by atoms with Gasteiger partial charge >= 0.3 is 5.97 Å². The predicted molar refractivity (Wildman–Crippen MR) is 65.1 cm³/mol. The Morgan fingerprint density at radius 3 is 2.06 bits per heavy atom. The molecule has 1 N–H and O–H groups in total. The number of hydrogen-bond acceptors (Lipinski definition) is 3. The van der Waals surface area contributed by atoms with E-state index in [0.717, 1.165) is 0 Å². The normalized spacial score (nSPS) is 39.4. The van der Waals surface area contributed by atoms with Crippen LogP contribution in [0.4, 0.5) is 0 Å². The molecule has 0 bridgehead atoms. The van der Waals surface area contributed by atoms with E-state index in [-0.39, 0.29) is 5.97 Å². The number of ether oxygens (including phenoxy) is 1. The monoisotopic (exact) mass is 227 g/mol. The van der Waals surface area contributed by atoms with E-state index in [1.807, 2.05) is 6.92 Å². The molecule has 0 radical (unpaired) electrons. The molecule has 3 heteroatoms. The topological polar surface area (TPSA) is 38.3 Å². The van der Waals surface area contributed by atoms with Gasteiger partial charge in [0, 0.05) is 18.5 Å². The van der Waals surface area contributed by atoms with Crippen molar-refractivity contribution in [2.75, 3.05) is 6.61 Å². The Bertz CT molecular complexity index is 228. The third-order valence-corrected chi connectivity index (χ3v) is 4.16. The van der Waals surface area contributed by atoms with Crippen LogP contribution in [0.5, 0.6) is 0 Å². The molecule has 3 nitrogen and oxygen atoms in total. The first-order valence-corrected chi connectivity index (χ1v) is 6.39. The van der Waals surface area contributed by atoms with E-state index >= 15 is 0 Å². The average molecular weight is 227 g/mol. The van der Waals surface area contributed by atoms with Crippen LogP contribution in [0.25, 0.3) is 0 Å². The maximum Gasteiger partial charge on any atom is 0.306 e. The molecule has 0 saturated carbocycles. The largest absolute Gasteiger partial charge is 0.466 e. The first kappa shape index (κ1) is 13.5. The van der Waals surface area contributed by atoms with Crippen LogP contribution < -0.4 is 5.32 Å². The van der Waals surface area contributed by atoms with Crippen LogP contribution in [-0.4, -0.2) is 24.7 Å². The highest BCUT2D eigenvalue weighted by molar-refractivity contribution is 5.69. The van der Waals surface area contributed by atoms with Crippen molar-refractivity contribution in [1.29, 1.82) is 0 Å². The predicted octanol–water partition coefficient (Wildman–Crippen LogP) is 2.21. The molecule has 0 aromatic heterocycles. The minimum Gasteiger partial charge on any atom is -0.466 e. The molecule has 1 fully saturated rings. The smallest absolute Gasteiger partial charge is 0.306 e. The highest BCUT2D eigenvalue weighted by Crippen LogP contribution is 2.33. The van der Waals surface area contributed by atoms with Crippen molar-refractivity contribution in [1.82, 2.24) is 5.32 Å². The summed E-state index contributed by atoms with van der Waals surface area (Å²) in [6, 6.07) is 0.955. The van der Waals surface area contributed by atoms with Crippen molar-refractivity contribution >= 4 is 5.97 Å². The van der Waals surface area contributed by atoms with Gasteiger partial charge in [-0.2, -0.15) is 0 Å². The molecular formula is C13H25NO2. The van der Waals surface area contributed by atoms with Gasteiger partial charge in [0.05, 0.1) is 6.61 Å². The minimum absolute atomic E-state index is 0.0486. The summed E-state index contributed by atoms with van der Waals surface area (Å²) in [5, 5.41) is 3.56. The van der Waals surface area contributed by atoms with Gasteiger partial charge in [-0.1, -0.05) is 13.8 Å². The zero-order valence-electron chi connectivity index (χ0n) is 11.1. The third kappa shape index (κ3) is 2.97. The number of esters is 1. The molecule has 1 rings (SSSR count). The molecule has 0 amide bonds. The zero-order chi connectivity index (χ0) is 12.3. The molecule has 1 aliphatic rings. The number of carbonyl (C=O) groups excluding carboxylic acids is 1. The Morgan fingerprint density at radius 2 is 1.62 bits per heavy atom. The van der Waals surface area contributed by atoms with Crippen molar-refractivity contribution in [3.63, 3.8) is 0 Å². The lowest BCUT2D eigenvalue weighted by molar-refractivity contribution is -0.145. The molecule has 0 aromatic carbocycles. The van der Waals surface area contributed by atoms with E-state index in [2.05, 4.69) is 33.0 Å². The second-order valence-electron chi connectivity index (χ2n) is 5.14. The van der Waals surface area contributed by atoms with Crippen LogP contribution in [0.2, 0.25) is 0 Å². The van der Waals surface area contributed by atoms with E-state index in [1.165, 1.54) is 0 Å². The molecule has 0 spiro atoms. The Labute approximate surface area is 98.9 Å².